The van der Waals surface area contributed by atoms with Crippen molar-refractivity contribution < 1.29 is 4.79 Å². The molecular formula is C31H33N7OS. The number of carbonyl (C=O) groups excluding carboxylic acids is 1. The van der Waals surface area contributed by atoms with E-state index in [2.05, 4.69) is 51.3 Å². The predicted octanol–water partition coefficient (Wildman–Crippen LogP) is 7.12. The summed E-state index contributed by atoms with van der Waals surface area (Å²) in [6, 6.07) is 14.1. The maximum Gasteiger partial charge on any atom is 0.323 e. The molecule has 0 spiro atoms. The maximum absolute atomic E-state index is 12.7. The number of fused-ring (bicyclic) bond motifs is 2. The number of nitrogens with one attached hydrogen (secondary N) is 3. The van der Waals surface area contributed by atoms with Crippen LogP contribution in [0.15, 0.2) is 65.5 Å². The number of hydrogen-bond acceptors (Lipinski definition) is 6. The summed E-state index contributed by atoms with van der Waals surface area (Å²) in [4.78, 5) is 22.6. The summed E-state index contributed by atoms with van der Waals surface area (Å²) in [7, 11) is 2.02. The van der Waals surface area contributed by atoms with E-state index < -0.39 is 0 Å². The van der Waals surface area contributed by atoms with Crippen LogP contribution in [0.25, 0.3) is 33.1 Å². The van der Waals surface area contributed by atoms with Gasteiger partial charge in [-0.3, -0.25) is 4.40 Å². The molecule has 204 valence electrons. The Labute approximate surface area is 237 Å². The van der Waals surface area contributed by atoms with Crippen molar-refractivity contribution in [1.29, 1.82) is 0 Å². The SMILES string of the molecule is CNC1CC=C(c2cnc(N)c3c(-c4ccc(NC(=O)Nc5ccsc5)c5ccccc45)nc(C(C)C)n23)CC1. The highest BCUT2D eigenvalue weighted by molar-refractivity contribution is 7.08. The van der Waals surface area contributed by atoms with Gasteiger partial charge < -0.3 is 21.7 Å². The zero-order valence-corrected chi connectivity index (χ0v) is 23.7. The van der Waals surface area contributed by atoms with Crippen molar-refractivity contribution in [2.24, 2.45) is 0 Å². The number of carbonyl (C=O) groups is 1. The highest BCUT2D eigenvalue weighted by Crippen LogP contribution is 2.39. The van der Waals surface area contributed by atoms with E-state index in [4.69, 9.17) is 10.7 Å². The molecule has 0 bridgehead atoms. The molecule has 1 unspecified atom stereocenters. The largest absolute Gasteiger partial charge is 0.382 e. The molecule has 0 saturated heterocycles. The first-order valence-corrected chi connectivity index (χ1v) is 14.5. The summed E-state index contributed by atoms with van der Waals surface area (Å²) in [5.74, 6) is 1.57. The Morgan fingerprint density at radius 2 is 1.95 bits per heavy atom. The number of aromatic nitrogens is 3. The predicted molar refractivity (Wildman–Crippen MR) is 166 cm³/mol. The van der Waals surface area contributed by atoms with Crippen molar-refractivity contribution in [2.75, 3.05) is 23.4 Å². The number of imidazole rings is 1. The molecule has 0 aliphatic heterocycles. The second-order valence-corrected chi connectivity index (χ2v) is 11.3. The second kappa shape index (κ2) is 10.7. The lowest BCUT2D eigenvalue weighted by Crippen LogP contribution is -2.26. The standard InChI is InChI=1S/C31H33N7OS/c1-18(2)30-37-27(28-29(32)34-16-26(38(28)30)19-8-10-20(33-3)11-9-19)24-12-13-25(23-7-5-4-6-22(23)24)36-31(39)35-21-14-15-40-17-21/h4-8,12-18,20,33H,9-11H2,1-3H3,(H2,32,34)(H2,35,36,39). The van der Waals surface area contributed by atoms with E-state index in [-0.39, 0.29) is 11.9 Å². The smallest absolute Gasteiger partial charge is 0.323 e. The van der Waals surface area contributed by atoms with Crippen LogP contribution in [-0.4, -0.2) is 33.5 Å². The molecule has 2 amide bonds. The van der Waals surface area contributed by atoms with Crippen molar-refractivity contribution in [1.82, 2.24) is 19.7 Å². The van der Waals surface area contributed by atoms with E-state index >= 15 is 0 Å². The molecule has 6 rings (SSSR count). The molecule has 5 N–H and O–H groups in total. The number of urea groups is 1. The lowest BCUT2D eigenvalue weighted by Gasteiger charge is -2.22. The number of amides is 2. The summed E-state index contributed by atoms with van der Waals surface area (Å²) in [6.07, 6.45) is 7.23. The van der Waals surface area contributed by atoms with Crippen LogP contribution in [0.5, 0.6) is 0 Å². The van der Waals surface area contributed by atoms with Gasteiger partial charge in [-0.05, 0) is 54.8 Å². The average Bonchev–Trinajstić information content (AvgIpc) is 3.62. The maximum atomic E-state index is 12.7. The Kier molecular flexibility index (Phi) is 7.00. The van der Waals surface area contributed by atoms with Crippen LogP contribution < -0.4 is 21.7 Å². The average molecular weight is 552 g/mol. The Morgan fingerprint density at radius 1 is 1.12 bits per heavy atom. The summed E-state index contributed by atoms with van der Waals surface area (Å²) in [5, 5.41) is 15.0. The van der Waals surface area contributed by atoms with Gasteiger partial charge in [0.25, 0.3) is 0 Å². The number of hydrogen-bond donors (Lipinski definition) is 4. The number of nitrogens with two attached hydrogens (primary N) is 1. The summed E-state index contributed by atoms with van der Waals surface area (Å²) in [6.45, 7) is 4.31. The highest BCUT2D eigenvalue weighted by Gasteiger charge is 2.25. The van der Waals surface area contributed by atoms with E-state index in [1.54, 1.807) is 0 Å². The van der Waals surface area contributed by atoms with E-state index in [1.807, 2.05) is 60.4 Å². The van der Waals surface area contributed by atoms with Crippen molar-refractivity contribution in [2.45, 2.75) is 45.1 Å². The molecule has 1 aliphatic rings. The van der Waals surface area contributed by atoms with Crippen LogP contribution >= 0.6 is 11.3 Å². The van der Waals surface area contributed by atoms with Crippen LogP contribution in [-0.2, 0) is 0 Å². The molecule has 1 atom stereocenters. The number of allylic oxidation sites excluding steroid dienone is 1. The third-order valence-corrected chi connectivity index (χ3v) is 8.27. The van der Waals surface area contributed by atoms with Gasteiger partial charge in [-0.15, -0.1) is 0 Å². The number of rotatable bonds is 6. The van der Waals surface area contributed by atoms with Gasteiger partial charge in [0.05, 0.1) is 23.3 Å². The van der Waals surface area contributed by atoms with Gasteiger partial charge in [-0.25, -0.2) is 14.8 Å². The minimum absolute atomic E-state index is 0.170. The monoisotopic (exact) mass is 551 g/mol. The number of anilines is 3. The number of benzene rings is 2. The molecule has 0 saturated carbocycles. The molecule has 0 fully saturated rings. The molecule has 3 heterocycles. The summed E-state index contributed by atoms with van der Waals surface area (Å²) >= 11 is 1.53. The molecule has 9 heteroatoms. The Balaban J connectivity index is 1.48. The third kappa shape index (κ3) is 4.71. The summed E-state index contributed by atoms with van der Waals surface area (Å²) in [5.41, 5.74) is 13.0. The quantitative estimate of drug-likeness (QED) is 0.180. The van der Waals surface area contributed by atoms with Crippen LogP contribution in [0.2, 0.25) is 0 Å². The van der Waals surface area contributed by atoms with Gasteiger partial charge >= 0.3 is 6.03 Å². The van der Waals surface area contributed by atoms with E-state index in [1.165, 1.54) is 16.9 Å². The van der Waals surface area contributed by atoms with Crippen molar-refractivity contribution in [3.05, 3.63) is 77.0 Å². The fraction of sp³-hybridized carbons (Fsp3) is 0.258. The molecule has 2 aromatic carbocycles. The molecule has 1 aliphatic carbocycles. The topological polar surface area (TPSA) is 109 Å². The normalized spacial score (nSPS) is 15.5. The van der Waals surface area contributed by atoms with Gasteiger partial charge in [0.1, 0.15) is 22.9 Å². The first-order chi connectivity index (χ1) is 19.4. The molecule has 5 aromatic rings. The van der Waals surface area contributed by atoms with Gasteiger partial charge in [0.2, 0.25) is 0 Å². The van der Waals surface area contributed by atoms with Crippen LogP contribution in [0.1, 0.15) is 50.5 Å². The van der Waals surface area contributed by atoms with E-state index in [0.717, 1.165) is 69.7 Å². The zero-order valence-electron chi connectivity index (χ0n) is 22.9. The first kappa shape index (κ1) is 26.0. The van der Waals surface area contributed by atoms with Gasteiger partial charge in [0.15, 0.2) is 0 Å². The molecule has 3 aromatic heterocycles. The van der Waals surface area contributed by atoms with Gasteiger partial charge in [-0.1, -0.05) is 50.3 Å². The number of nitrogen functional groups attached to an aromatic ring is 1. The minimum Gasteiger partial charge on any atom is -0.382 e. The first-order valence-electron chi connectivity index (χ1n) is 13.6. The highest BCUT2D eigenvalue weighted by atomic mass is 32.1. The van der Waals surface area contributed by atoms with Gasteiger partial charge in [-0.2, -0.15) is 11.3 Å². The summed E-state index contributed by atoms with van der Waals surface area (Å²) < 4.78 is 2.21. The Morgan fingerprint density at radius 3 is 2.65 bits per heavy atom. The van der Waals surface area contributed by atoms with E-state index in [0.29, 0.717) is 11.9 Å². The number of nitrogens with zero attached hydrogens (tertiary/aromatic N) is 3. The molecule has 0 radical (unpaired) electrons. The van der Waals surface area contributed by atoms with Crippen molar-refractivity contribution in [3.63, 3.8) is 0 Å². The second-order valence-electron chi connectivity index (χ2n) is 10.5. The molecule has 40 heavy (non-hydrogen) atoms. The van der Waals surface area contributed by atoms with E-state index in [9.17, 15) is 4.79 Å². The molecular weight excluding hydrogens is 518 g/mol. The zero-order chi connectivity index (χ0) is 27.8. The Hall–Kier alpha value is -4.21. The third-order valence-electron chi connectivity index (χ3n) is 7.58. The van der Waals surface area contributed by atoms with Crippen LogP contribution in [0.4, 0.5) is 22.0 Å². The molecule has 8 nitrogen and oxygen atoms in total. The van der Waals surface area contributed by atoms with Crippen molar-refractivity contribution >= 4 is 56.4 Å². The lowest BCUT2D eigenvalue weighted by molar-refractivity contribution is 0.262. The fourth-order valence-corrected chi connectivity index (χ4v) is 6.12. The Bertz CT molecular complexity index is 1740. The fourth-order valence-electron chi connectivity index (χ4n) is 5.53. The van der Waals surface area contributed by atoms with Crippen LogP contribution in [0.3, 0.4) is 0 Å². The van der Waals surface area contributed by atoms with Crippen LogP contribution in [0, 0.1) is 0 Å². The number of thiophene rings is 1. The van der Waals surface area contributed by atoms with Crippen molar-refractivity contribution in [3.8, 4) is 11.3 Å². The lowest BCUT2D eigenvalue weighted by atomic mass is 9.93. The van der Waals surface area contributed by atoms with Gasteiger partial charge in [0, 0.05) is 28.3 Å². The minimum atomic E-state index is -0.287.